The van der Waals surface area contributed by atoms with E-state index in [9.17, 15) is 23.6 Å². The van der Waals surface area contributed by atoms with Gasteiger partial charge in [-0.15, -0.1) is 0 Å². The first kappa shape index (κ1) is 18.9. The van der Waals surface area contributed by atoms with Crippen LogP contribution in [0.15, 0.2) is 12.1 Å². The van der Waals surface area contributed by atoms with Gasteiger partial charge in [0.25, 0.3) is 11.8 Å². The number of rotatable bonds is 6. The number of ether oxygens (including phenoxy) is 1. The van der Waals surface area contributed by atoms with Crippen molar-refractivity contribution in [2.45, 2.75) is 24.9 Å². The number of nitrogens with two attached hydrogens (primary N) is 1. The Labute approximate surface area is 154 Å². The summed E-state index contributed by atoms with van der Waals surface area (Å²) in [5, 5.41) is 4.87. The van der Waals surface area contributed by atoms with Gasteiger partial charge in [0.1, 0.15) is 11.9 Å². The maximum absolute atomic E-state index is 14.3. The van der Waals surface area contributed by atoms with Crippen molar-refractivity contribution in [1.82, 2.24) is 10.2 Å². The Morgan fingerprint density at radius 1 is 1.33 bits per heavy atom. The van der Waals surface area contributed by atoms with E-state index in [1.807, 2.05) is 0 Å². The van der Waals surface area contributed by atoms with Crippen LogP contribution in [-0.4, -0.2) is 60.9 Å². The van der Waals surface area contributed by atoms with Crippen molar-refractivity contribution in [3.05, 3.63) is 29.1 Å². The second-order valence-electron chi connectivity index (χ2n) is 6.39. The zero-order chi connectivity index (χ0) is 19.7. The Hall–Kier alpha value is -2.85. The molecule has 2 heterocycles. The third-order valence-corrected chi connectivity index (χ3v) is 4.48. The first-order chi connectivity index (χ1) is 12.8. The molecule has 0 aromatic heterocycles. The first-order valence-electron chi connectivity index (χ1n) is 8.37. The third-order valence-electron chi connectivity index (χ3n) is 4.48. The number of nitrogens with one attached hydrogen (secondary N) is 2. The van der Waals surface area contributed by atoms with Gasteiger partial charge in [-0.3, -0.25) is 29.4 Å². The largest absolute Gasteiger partial charge is 0.383 e. The predicted molar refractivity (Wildman–Crippen MR) is 91.4 cm³/mol. The molecule has 1 aromatic rings. The number of hydrogen-bond acceptors (Lipinski definition) is 7. The summed E-state index contributed by atoms with van der Waals surface area (Å²) in [6.07, 6.45) is 0.0369. The third kappa shape index (κ3) is 3.40. The molecule has 144 valence electrons. The molecule has 0 radical (unpaired) electrons. The predicted octanol–water partition coefficient (Wildman–Crippen LogP) is -0.387. The van der Waals surface area contributed by atoms with E-state index in [2.05, 4.69) is 10.6 Å². The lowest BCUT2D eigenvalue weighted by atomic mass is 10.0. The molecule has 4 amide bonds. The summed E-state index contributed by atoms with van der Waals surface area (Å²) >= 11 is 0. The van der Waals surface area contributed by atoms with E-state index in [1.165, 1.54) is 13.2 Å². The topological polar surface area (TPSA) is 131 Å². The normalized spacial score (nSPS) is 20.6. The molecule has 2 atom stereocenters. The number of carbonyl (C=O) groups excluding carboxylic acids is 4. The molecule has 0 bridgehead atoms. The number of nitrogens with zero attached hydrogens (tertiary/aromatic N) is 1. The second kappa shape index (κ2) is 7.41. The highest BCUT2D eigenvalue weighted by molar-refractivity contribution is 6.25. The molecule has 3 rings (SSSR count). The number of piperidine rings is 1. The number of fused-ring (bicyclic) bond motifs is 1. The molecule has 4 N–H and O–H groups in total. The van der Waals surface area contributed by atoms with E-state index < -0.39 is 41.5 Å². The van der Waals surface area contributed by atoms with Gasteiger partial charge in [0, 0.05) is 26.1 Å². The Balaban J connectivity index is 1.90. The molecule has 9 nitrogen and oxygen atoms in total. The molecule has 27 heavy (non-hydrogen) atoms. The van der Waals surface area contributed by atoms with Gasteiger partial charge in [-0.05, 0) is 18.6 Å². The van der Waals surface area contributed by atoms with Gasteiger partial charge < -0.3 is 15.8 Å². The molecule has 0 aliphatic carbocycles. The van der Waals surface area contributed by atoms with Gasteiger partial charge in [0.15, 0.2) is 0 Å². The number of amides is 4. The van der Waals surface area contributed by atoms with Gasteiger partial charge in [0.05, 0.1) is 23.4 Å². The average Bonchev–Trinajstić information content (AvgIpc) is 2.86. The lowest BCUT2D eigenvalue weighted by Crippen LogP contribution is -2.54. The van der Waals surface area contributed by atoms with Gasteiger partial charge in [-0.1, -0.05) is 0 Å². The summed E-state index contributed by atoms with van der Waals surface area (Å²) in [5.74, 6) is -3.39. The quantitative estimate of drug-likeness (QED) is 0.575. The molecule has 1 aromatic carbocycles. The van der Waals surface area contributed by atoms with Gasteiger partial charge >= 0.3 is 0 Å². The van der Waals surface area contributed by atoms with Crippen molar-refractivity contribution in [1.29, 1.82) is 0 Å². The van der Waals surface area contributed by atoms with Crippen LogP contribution in [0.3, 0.4) is 0 Å². The van der Waals surface area contributed by atoms with Crippen molar-refractivity contribution in [2.24, 2.45) is 5.73 Å². The lowest BCUT2D eigenvalue weighted by molar-refractivity contribution is -0.136. The highest BCUT2D eigenvalue weighted by Gasteiger charge is 2.46. The molecule has 0 spiro atoms. The van der Waals surface area contributed by atoms with Crippen molar-refractivity contribution in [3.8, 4) is 0 Å². The summed E-state index contributed by atoms with van der Waals surface area (Å²) in [4.78, 5) is 49.7. The van der Waals surface area contributed by atoms with Crippen LogP contribution in [-0.2, 0) is 14.3 Å². The van der Waals surface area contributed by atoms with Crippen molar-refractivity contribution < 1.29 is 28.3 Å². The molecular formula is C17H19FN4O5. The molecule has 2 aliphatic rings. The maximum Gasteiger partial charge on any atom is 0.264 e. The number of carbonyl (C=O) groups is 4. The molecular weight excluding hydrogens is 359 g/mol. The number of benzene rings is 1. The maximum atomic E-state index is 14.3. The number of halogens is 1. The van der Waals surface area contributed by atoms with Crippen LogP contribution in [0.25, 0.3) is 0 Å². The molecule has 2 aliphatic heterocycles. The van der Waals surface area contributed by atoms with Crippen LogP contribution in [0.5, 0.6) is 0 Å². The Kier molecular flexibility index (Phi) is 5.19. The van der Waals surface area contributed by atoms with Crippen LogP contribution < -0.4 is 16.4 Å². The number of hydrogen-bond donors (Lipinski definition) is 3. The summed E-state index contributed by atoms with van der Waals surface area (Å²) < 4.78 is 19.2. The van der Waals surface area contributed by atoms with Gasteiger partial charge in [0.2, 0.25) is 11.8 Å². The molecule has 1 saturated heterocycles. The Bertz CT molecular complexity index is 828. The summed E-state index contributed by atoms with van der Waals surface area (Å²) in [6, 6.07) is 0.713. The molecule has 1 unspecified atom stereocenters. The van der Waals surface area contributed by atoms with E-state index in [1.54, 1.807) is 0 Å². The number of methoxy groups -OCH3 is 1. The van der Waals surface area contributed by atoms with Crippen LogP contribution in [0.4, 0.5) is 10.1 Å². The standard InChI is InChI=1S/C17H19FN4O5/c1-27-7-8(19)6-20-14-10(18)3-2-9-13(14)17(26)22(16(9)25)11-4-5-12(23)21-15(11)24/h2-3,8,11,20H,4-7,19H2,1H3,(H,21,23,24)/t8-,11?/m1/s1. The monoisotopic (exact) mass is 378 g/mol. The van der Waals surface area contributed by atoms with Crippen LogP contribution in [0.2, 0.25) is 0 Å². The highest BCUT2D eigenvalue weighted by atomic mass is 19.1. The summed E-state index contributed by atoms with van der Waals surface area (Å²) in [7, 11) is 1.47. The Morgan fingerprint density at radius 3 is 2.74 bits per heavy atom. The minimum atomic E-state index is -1.11. The van der Waals surface area contributed by atoms with Gasteiger partial charge in [-0.25, -0.2) is 4.39 Å². The molecule has 10 heteroatoms. The number of anilines is 1. The summed E-state index contributed by atoms with van der Waals surface area (Å²) in [6.45, 7) is 0.333. The second-order valence-corrected chi connectivity index (χ2v) is 6.39. The highest BCUT2D eigenvalue weighted by Crippen LogP contribution is 2.34. The minimum Gasteiger partial charge on any atom is -0.383 e. The fraction of sp³-hybridized carbons (Fsp3) is 0.412. The van der Waals surface area contributed by atoms with E-state index in [4.69, 9.17) is 10.5 Å². The van der Waals surface area contributed by atoms with E-state index in [0.717, 1.165) is 11.0 Å². The zero-order valence-electron chi connectivity index (χ0n) is 14.6. The smallest absolute Gasteiger partial charge is 0.264 e. The fourth-order valence-electron chi connectivity index (χ4n) is 3.21. The van der Waals surface area contributed by atoms with E-state index >= 15 is 0 Å². The Morgan fingerprint density at radius 2 is 2.07 bits per heavy atom. The van der Waals surface area contributed by atoms with Crippen LogP contribution >= 0.6 is 0 Å². The van der Waals surface area contributed by atoms with Crippen molar-refractivity contribution in [3.63, 3.8) is 0 Å². The van der Waals surface area contributed by atoms with Crippen molar-refractivity contribution in [2.75, 3.05) is 25.6 Å². The lowest BCUT2D eigenvalue weighted by Gasteiger charge is -2.27. The SMILES string of the molecule is COC[C@H](N)CNc1c(F)ccc2c1C(=O)N(C1CCC(=O)NC1=O)C2=O. The first-order valence-corrected chi connectivity index (χ1v) is 8.37. The van der Waals surface area contributed by atoms with E-state index in [0.29, 0.717) is 0 Å². The summed E-state index contributed by atoms with van der Waals surface area (Å²) in [5.41, 5.74) is 5.51. The van der Waals surface area contributed by atoms with Crippen LogP contribution in [0, 0.1) is 5.82 Å². The zero-order valence-corrected chi connectivity index (χ0v) is 14.6. The average molecular weight is 378 g/mol. The molecule has 0 saturated carbocycles. The van der Waals surface area contributed by atoms with E-state index in [-0.39, 0.29) is 42.8 Å². The van der Waals surface area contributed by atoms with Crippen LogP contribution in [0.1, 0.15) is 33.6 Å². The minimum absolute atomic E-state index is 0.00564. The number of imide groups is 2. The van der Waals surface area contributed by atoms with Gasteiger partial charge in [-0.2, -0.15) is 0 Å². The molecule has 1 fully saturated rings. The van der Waals surface area contributed by atoms with Crippen molar-refractivity contribution >= 4 is 29.3 Å². The fourth-order valence-corrected chi connectivity index (χ4v) is 3.21.